The van der Waals surface area contributed by atoms with Gasteiger partial charge in [-0.2, -0.15) is 4.98 Å². The van der Waals surface area contributed by atoms with Gasteiger partial charge in [-0.25, -0.2) is 0 Å². The molecule has 0 spiro atoms. The lowest BCUT2D eigenvalue weighted by molar-refractivity contribution is -0.141. The zero-order chi connectivity index (χ0) is 18.4. The van der Waals surface area contributed by atoms with Gasteiger partial charge in [0.25, 0.3) is 5.89 Å². The standard InChI is InChI=1S/C19H29N3O4/c1-18(2)12-14(18)16(23)22-8-6-19(24-3,7-9-22)17-20-15(21-26-17)13-4-10-25-11-5-13/h13-14H,4-12H2,1-3H3. The summed E-state index contributed by atoms with van der Waals surface area (Å²) in [4.78, 5) is 19.3. The number of piperidine rings is 1. The number of hydrogen-bond acceptors (Lipinski definition) is 6. The first-order valence-corrected chi connectivity index (χ1v) is 9.71. The Hall–Kier alpha value is -1.47. The van der Waals surface area contributed by atoms with Gasteiger partial charge in [-0.3, -0.25) is 4.79 Å². The summed E-state index contributed by atoms with van der Waals surface area (Å²) in [5.41, 5.74) is -0.412. The Kier molecular flexibility index (Phi) is 4.55. The molecule has 144 valence electrons. The van der Waals surface area contributed by atoms with Gasteiger partial charge in [-0.05, 0) is 24.7 Å². The Bertz CT molecular complexity index is 657. The molecule has 1 unspecified atom stereocenters. The van der Waals surface area contributed by atoms with Crippen LogP contribution in [0, 0.1) is 11.3 Å². The molecule has 3 aliphatic rings. The Morgan fingerprint density at radius 2 is 1.88 bits per heavy atom. The molecule has 0 aromatic carbocycles. The zero-order valence-corrected chi connectivity index (χ0v) is 16.0. The highest BCUT2D eigenvalue weighted by Gasteiger charge is 2.53. The van der Waals surface area contributed by atoms with Gasteiger partial charge < -0.3 is 18.9 Å². The molecule has 0 radical (unpaired) electrons. The minimum absolute atomic E-state index is 0.165. The monoisotopic (exact) mass is 363 g/mol. The third kappa shape index (κ3) is 3.16. The molecule has 0 N–H and O–H groups in total. The van der Waals surface area contributed by atoms with Crippen molar-refractivity contribution in [3.8, 4) is 0 Å². The molecule has 1 saturated carbocycles. The predicted molar refractivity (Wildman–Crippen MR) is 93.5 cm³/mol. The smallest absolute Gasteiger partial charge is 0.259 e. The quantitative estimate of drug-likeness (QED) is 0.818. The normalized spacial score (nSPS) is 28.1. The summed E-state index contributed by atoms with van der Waals surface area (Å²) in [5, 5.41) is 4.22. The van der Waals surface area contributed by atoms with Gasteiger partial charge in [0.1, 0.15) is 5.60 Å². The van der Waals surface area contributed by atoms with E-state index in [1.165, 1.54) is 0 Å². The van der Waals surface area contributed by atoms with E-state index in [0.29, 0.717) is 37.7 Å². The summed E-state index contributed by atoms with van der Waals surface area (Å²) in [6.07, 6.45) is 4.24. The Morgan fingerprint density at radius 1 is 1.23 bits per heavy atom. The van der Waals surface area contributed by atoms with Crippen LogP contribution in [0.1, 0.15) is 63.6 Å². The van der Waals surface area contributed by atoms with Gasteiger partial charge >= 0.3 is 0 Å². The molecule has 2 saturated heterocycles. The van der Waals surface area contributed by atoms with Gasteiger partial charge in [-0.15, -0.1) is 0 Å². The van der Waals surface area contributed by atoms with E-state index in [0.717, 1.165) is 38.3 Å². The van der Waals surface area contributed by atoms with Crippen LogP contribution in [0.25, 0.3) is 0 Å². The number of hydrogen-bond donors (Lipinski definition) is 0. The molecule has 0 bridgehead atoms. The first-order chi connectivity index (χ1) is 12.5. The molecular weight excluding hydrogens is 334 g/mol. The first kappa shape index (κ1) is 17.9. The molecule has 1 amide bonds. The Balaban J connectivity index is 1.43. The van der Waals surface area contributed by atoms with Crippen molar-refractivity contribution in [3.05, 3.63) is 11.7 Å². The number of carbonyl (C=O) groups excluding carboxylic acids is 1. The van der Waals surface area contributed by atoms with Crippen LogP contribution in [0.3, 0.4) is 0 Å². The molecule has 1 aliphatic carbocycles. The third-order valence-corrected chi connectivity index (χ3v) is 6.50. The van der Waals surface area contributed by atoms with Crippen LogP contribution in [-0.2, 0) is 19.9 Å². The number of methoxy groups -OCH3 is 1. The maximum absolute atomic E-state index is 12.6. The van der Waals surface area contributed by atoms with Crippen LogP contribution in [-0.4, -0.2) is 54.4 Å². The van der Waals surface area contributed by atoms with Crippen LogP contribution in [0.2, 0.25) is 0 Å². The lowest BCUT2D eigenvalue weighted by Gasteiger charge is -2.38. The molecule has 1 aromatic rings. The SMILES string of the molecule is COC1(c2nc(C3CCOCC3)no2)CCN(C(=O)C2CC2(C)C)CC1. The van der Waals surface area contributed by atoms with E-state index < -0.39 is 5.60 Å². The van der Waals surface area contributed by atoms with E-state index in [-0.39, 0.29) is 17.2 Å². The third-order valence-electron chi connectivity index (χ3n) is 6.50. The van der Waals surface area contributed by atoms with Crippen molar-refractivity contribution in [1.29, 1.82) is 0 Å². The summed E-state index contributed by atoms with van der Waals surface area (Å²) < 4.78 is 16.9. The van der Waals surface area contributed by atoms with Crippen molar-refractivity contribution in [3.63, 3.8) is 0 Å². The van der Waals surface area contributed by atoms with Crippen LogP contribution in [0.4, 0.5) is 0 Å². The predicted octanol–water partition coefficient (Wildman–Crippen LogP) is 2.47. The van der Waals surface area contributed by atoms with Crippen molar-refractivity contribution in [2.75, 3.05) is 33.4 Å². The Morgan fingerprint density at radius 3 is 2.46 bits per heavy atom. The average molecular weight is 363 g/mol. The lowest BCUT2D eigenvalue weighted by Crippen LogP contribution is -2.47. The molecule has 1 aromatic heterocycles. The molecule has 4 rings (SSSR count). The number of ether oxygens (including phenoxy) is 2. The van der Waals surface area contributed by atoms with Gasteiger partial charge in [0.2, 0.25) is 5.91 Å². The summed E-state index contributed by atoms with van der Waals surface area (Å²) in [6, 6.07) is 0. The first-order valence-electron chi connectivity index (χ1n) is 9.71. The topological polar surface area (TPSA) is 77.7 Å². The van der Waals surface area contributed by atoms with Gasteiger partial charge in [0, 0.05) is 58.1 Å². The fourth-order valence-electron chi connectivity index (χ4n) is 4.24. The minimum Gasteiger partial charge on any atom is -0.381 e. The van der Waals surface area contributed by atoms with Crippen molar-refractivity contribution in [2.45, 2.75) is 57.5 Å². The number of carbonyl (C=O) groups is 1. The fraction of sp³-hybridized carbons (Fsp3) is 0.842. The number of rotatable bonds is 4. The van der Waals surface area contributed by atoms with E-state index in [4.69, 9.17) is 14.0 Å². The van der Waals surface area contributed by atoms with E-state index >= 15 is 0 Å². The maximum atomic E-state index is 12.6. The number of aromatic nitrogens is 2. The second kappa shape index (κ2) is 6.60. The van der Waals surface area contributed by atoms with E-state index in [1.807, 2.05) is 4.90 Å². The molecule has 3 fully saturated rings. The lowest BCUT2D eigenvalue weighted by atomic mass is 9.90. The number of amides is 1. The molecule has 7 heteroatoms. The van der Waals surface area contributed by atoms with E-state index in [9.17, 15) is 4.79 Å². The minimum atomic E-state index is -0.577. The van der Waals surface area contributed by atoms with E-state index in [2.05, 4.69) is 24.0 Å². The largest absolute Gasteiger partial charge is 0.381 e. The molecule has 7 nitrogen and oxygen atoms in total. The van der Waals surface area contributed by atoms with Crippen molar-refractivity contribution in [1.82, 2.24) is 15.0 Å². The molecule has 26 heavy (non-hydrogen) atoms. The van der Waals surface area contributed by atoms with Gasteiger partial charge in [0.05, 0.1) is 0 Å². The summed E-state index contributed by atoms with van der Waals surface area (Å²) in [7, 11) is 1.69. The van der Waals surface area contributed by atoms with Crippen LogP contribution < -0.4 is 0 Å². The molecule has 1 atom stereocenters. The highest BCUT2D eigenvalue weighted by atomic mass is 16.5. The number of likely N-dealkylation sites (tertiary alicyclic amines) is 1. The fourth-order valence-corrected chi connectivity index (χ4v) is 4.24. The van der Waals surface area contributed by atoms with Crippen molar-refractivity contribution >= 4 is 5.91 Å². The second-order valence-electron chi connectivity index (χ2n) is 8.61. The summed E-state index contributed by atoms with van der Waals surface area (Å²) in [6.45, 7) is 7.17. The molecular formula is C19H29N3O4. The highest BCUT2D eigenvalue weighted by Crippen LogP contribution is 2.53. The number of nitrogens with zero attached hydrogens (tertiary/aromatic N) is 3. The Labute approximate surface area is 154 Å². The summed E-state index contributed by atoms with van der Waals surface area (Å²) >= 11 is 0. The average Bonchev–Trinajstić information content (AvgIpc) is 3.08. The highest BCUT2D eigenvalue weighted by molar-refractivity contribution is 5.82. The van der Waals surface area contributed by atoms with Crippen LogP contribution in [0.15, 0.2) is 4.52 Å². The molecule has 3 heterocycles. The summed E-state index contributed by atoms with van der Waals surface area (Å²) in [5.74, 6) is 2.08. The van der Waals surface area contributed by atoms with Crippen molar-refractivity contribution < 1.29 is 18.8 Å². The molecule has 2 aliphatic heterocycles. The van der Waals surface area contributed by atoms with Crippen LogP contribution in [0.5, 0.6) is 0 Å². The van der Waals surface area contributed by atoms with Gasteiger partial charge in [0.15, 0.2) is 5.82 Å². The van der Waals surface area contributed by atoms with Crippen molar-refractivity contribution in [2.24, 2.45) is 11.3 Å². The van der Waals surface area contributed by atoms with Crippen LogP contribution >= 0.6 is 0 Å². The van der Waals surface area contributed by atoms with E-state index in [1.54, 1.807) is 7.11 Å². The zero-order valence-electron chi connectivity index (χ0n) is 16.0. The second-order valence-corrected chi connectivity index (χ2v) is 8.61. The van der Waals surface area contributed by atoms with Gasteiger partial charge in [-0.1, -0.05) is 19.0 Å². The maximum Gasteiger partial charge on any atom is 0.259 e.